The summed E-state index contributed by atoms with van der Waals surface area (Å²) in [6.45, 7) is 0. The van der Waals surface area contributed by atoms with E-state index in [1.807, 2.05) is 18.2 Å². The Balaban J connectivity index is 2.34. The molecule has 3 heteroatoms. The fourth-order valence-corrected chi connectivity index (χ4v) is 1.62. The van der Waals surface area contributed by atoms with Gasteiger partial charge in [-0.15, -0.1) is 0 Å². The largest absolute Gasteiger partial charge is 0.497 e. The Bertz CT molecular complexity index is 508. The number of aromatic nitrogens is 1. The van der Waals surface area contributed by atoms with E-state index in [1.54, 1.807) is 7.11 Å². The van der Waals surface area contributed by atoms with Crippen molar-refractivity contribution in [1.29, 1.82) is 5.26 Å². The number of ether oxygens (including phenoxy) is 1. The van der Waals surface area contributed by atoms with E-state index >= 15 is 0 Å². The number of H-pyrrole nitrogens is 1. The Labute approximate surface area is 88.3 Å². The van der Waals surface area contributed by atoms with Crippen molar-refractivity contribution in [2.24, 2.45) is 0 Å². The minimum Gasteiger partial charge on any atom is -0.497 e. The van der Waals surface area contributed by atoms with Crippen LogP contribution in [0.2, 0.25) is 0 Å². The van der Waals surface area contributed by atoms with E-state index in [0.29, 0.717) is 6.42 Å². The Hall–Kier alpha value is -1.95. The van der Waals surface area contributed by atoms with Crippen LogP contribution in [0.5, 0.6) is 5.75 Å². The normalized spacial score (nSPS) is 10.1. The van der Waals surface area contributed by atoms with Gasteiger partial charge in [0.15, 0.2) is 0 Å². The lowest BCUT2D eigenvalue weighted by atomic mass is 10.2. The highest BCUT2D eigenvalue weighted by molar-refractivity contribution is 5.81. The van der Waals surface area contributed by atoms with Gasteiger partial charge in [0.2, 0.25) is 0 Å². The van der Waals surface area contributed by atoms with Crippen LogP contribution in [0, 0.1) is 11.3 Å². The number of hydrogen-bond acceptors (Lipinski definition) is 2. The van der Waals surface area contributed by atoms with Crippen LogP contribution in [0.25, 0.3) is 10.9 Å². The van der Waals surface area contributed by atoms with E-state index in [0.717, 1.165) is 28.8 Å². The second-order valence-corrected chi connectivity index (χ2v) is 3.41. The summed E-state index contributed by atoms with van der Waals surface area (Å²) in [5, 5.41) is 9.63. The number of nitrogens with one attached hydrogen (secondary N) is 1. The number of fused-ring (bicyclic) bond motifs is 1. The van der Waals surface area contributed by atoms with Crippen LogP contribution in [0.3, 0.4) is 0 Å². The predicted octanol–water partition coefficient (Wildman–Crippen LogP) is 2.63. The van der Waals surface area contributed by atoms with Crippen LogP contribution in [0.4, 0.5) is 0 Å². The van der Waals surface area contributed by atoms with Gasteiger partial charge in [-0.3, -0.25) is 0 Å². The zero-order valence-electron chi connectivity index (χ0n) is 8.58. The van der Waals surface area contributed by atoms with Gasteiger partial charge in [0.05, 0.1) is 13.2 Å². The number of aryl methyl sites for hydroxylation is 1. The van der Waals surface area contributed by atoms with Gasteiger partial charge in [0.25, 0.3) is 0 Å². The first-order chi connectivity index (χ1) is 7.33. The maximum absolute atomic E-state index is 8.50. The fraction of sp³-hybridized carbons (Fsp3) is 0.250. The van der Waals surface area contributed by atoms with Crippen molar-refractivity contribution in [2.45, 2.75) is 12.8 Å². The molecule has 1 aromatic heterocycles. The first-order valence-corrected chi connectivity index (χ1v) is 4.86. The minimum absolute atomic E-state index is 0.546. The molecule has 0 spiro atoms. The number of rotatable bonds is 3. The number of benzene rings is 1. The van der Waals surface area contributed by atoms with Gasteiger partial charge < -0.3 is 9.72 Å². The molecule has 0 bridgehead atoms. The first kappa shape index (κ1) is 9.60. The van der Waals surface area contributed by atoms with Crippen molar-refractivity contribution in [2.75, 3.05) is 7.11 Å². The van der Waals surface area contributed by atoms with Gasteiger partial charge in [0, 0.05) is 29.4 Å². The quantitative estimate of drug-likeness (QED) is 0.827. The molecule has 0 aliphatic heterocycles. The van der Waals surface area contributed by atoms with Crippen LogP contribution in [0.15, 0.2) is 24.3 Å². The average molecular weight is 200 g/mol. The summed E-state index contributed by atoms with van der Waals surface area (Å²) in [5.74, 6) is 0.855. The van der Waals surface area contributed by atoms with Crippen LogP contribution in [0.1, 0.15) is 12.1 Å². The zero-order valence-corrected chi connectivity index (χ0v) is 8.58. The summed E-state index contributed by atoms with van der Waals surface area (Å²) in [6, 6.07) is 10.1. The number of aromatic amines is 1. The van der Waals surface area contributed by atoms with Gasteiger partial charge in [-0.25, -0.2) is 0 Å². The van der Waals surface area contributed by atoms with Crippen molar-refractivity contribution in [3.63, 3.8) is 0 Å². The van der Waals surface area contributed by atoms with Crippen molar-refractivity contribution in [1.82, 2.24) is 4.98 Å². The third kappa shape index (κ3) is 1.94. The van der Waals surface area contributed by atoms with Gasteiger partial charge in [-0.1, -0.05) is 0 Å². The molecule has 2 rings (SSSR count). The Morgan fingerprint density at radius 2 is 2.27 bits per heavy atom. The van der Waals surface area contributed by atoms with Crippen LogP contribution < -0.4 is 4.74 Å². The summed E-state index contributed by atoms with van der Waals surface area (Å²) >= 11 is 0. The van der Waals surface area contributed by atoms with E-state index < -0.39 is 0 Å². The lowest BCUT2D eigenvalue weighted by Crippen LogP contribution is -1.81. The summed E-state index contributed by atoms with van der Waals surface area (Å²) in [7, 11) is 1.66. The molecule has 3 nitrogen and oxygen atoms in total. The molecule has 0 saturated heterocycles. The standard InChI is InChI=1S/C12H12N2O/c1-15-11-4-5-12-9(8-11)7-10(14-12)3-2-6-13/h4-5,7-8,14H,2-3H2,1H3. The SMILES string of the molecule is COc1ccc2[nH]c(CCC#N)cc2c1. The van der Waals surface area contributed by atoms with Crippen molar-refractivity contribution >= 4 is 10.9 Å². The molecule has 1 heterocycles. The molecular formula is C12H12N2O. The molecule has 76 valence electrons. The Morgan fingerprint density at radius 1 is 1.40 bits per heavy atom. The molecule has 0 radical (unpaired) electrons. The van der Waals surface area contributed by atoms with Gasteiger partial charge in [0.1, 0.15) is 5.75 Å². The van der Waals surface area contributed by atoms with E-state index in [4.69, 9.17) is 10.00 Å². The highest BCUT2D eigenvalue weighted by Crippen LogP contribution is 2.21. The number of nitrogens with zero attached hydrogens (tertiary/aromatic N) is 1. The van der Waals surface area contributed by atoms with Crippen molar-refractivity contribution in [3.05, 3.63) is 30.0 Å². The van der Waals surface area contributed by atoms with Crippen LogP contribution in [-0.2, 0) is 6.42 Å². The number of hydrogen-bond donors (Lipinski definition) is 1. The van der Waals surface area contributed by atoms with Crippen LogP contribution in [-0.4, -0.2) is 12.1 Å². The Morgan fingerprint density at radius 3 is 3.00 bits per heavy atom. The number of nitriles is 1. The summed E-state index contributed by atoms with van der Waals surface area (Å²) < 4.78 is 5.15. The maximum Gasteiger partial charge on any atom is 0.119 e. The highest BCUT2D eigenvalue weighted by Gasteiger charge is 2.01. The van der Waals surface area contributed by atoms with Gasteiger partial charge >= 0.3 is 0 Å². The van der Waals surface area contributed by atoms with Gasteiger partial charge in [-0.05, 0) is 24.3 Å². The summed E-state index contributed by atoms with van der Waals surface area (Å²) in [6.07, 6.45) is 1.32. The van der Waals surface area contributed by atoms with Crippen molar-refractivity contribution in [3.8, 4) is 11.8 Å². The minimum atomic E-state index is 0.546. The molecule has 0 amide bonds. The molecule has 0 aliphatic rings. The Kier molecular flexibility index (Phi) is 2.59. The fourth-order valence-electron chi connectivity index (χ4n) is 1.62. The molecule has 2 aromatic rings. The first-order valence-electron chi connectivity index (χ1n) is 4.86. The highest BCUT2D eigenvalue weighted by atomic mass is 16.5. The molecule has 0 unspecified atom stereocenters. The van der Waals surface area contributed by atoms with Crippen molar-refractivity contribution < 1.29 is 4.74 Å². The summed E-state index contributed by atoms with van der Waals surface area (Å²) in [4.78, 5) is 3.28. The molecule has 1 N–H and O–H groups in total. The smallest absolute Gasteiger partial charge is 0.119 e. The second-order valence-electron chi connectivity index (χ2n) is 3.41. The predicted molar refractivity (Wildman–Crippen MR) is 58.8 cm³/mol. The maximum atomic E-state index is 8.50. The molecular weight excluding hydrogens is 188 g/mol. The number of methoxy groups -OCH3 is 1. The molecule has 15 heavy (non-hydrogen) atoms. The molecule has 0 aliphatic carbocycles. The zero-order chi connectivity index (χ0) is 10.7. The molecule has 1 aromatic carbocycles. The summed E-state index contributed by atoms with van der Waals surface area (Å²) in [5.41, 5.74) is 2.18. The topological polar surface area (TPSA) is 48.8 Å². The molecule has 0 fully saturated rings. The second kappa shape index (κ2) is 4.05. The third-order valence-corrected chi connectivity index (χ3v) is 2.39. The molecule has 0 saturated carbocycles. The van der Waals surface area contributed by atoms with E-state index in [9.17, 15) is 0 Å². The van der Waals surface area contributed by atoms with E-state index in [-0.39, 0.29) is 0 Å². The lowest BCUT2D eigenvalue weighted by molar-refractivity contribution is 0.415. The van der Waals surface area contributed by atoms with Gasteiger partial charge in [-0.2, -0.15) is 5.26 Å². The molecule has 0 atom stereocenters. The average Bonchev–Trinajstić information content (AvgIpc) is 2.67. The van der Waals surface area contributed by atoms with E-state index in [1.165, 1.54) is 0 Å². The monoisotopic (exact) mass is 200 g/mol. The van der Waals surface area contributed by atoms with Crippen LogP contribution >= 0.6 is 0 Å². The van der Waals surface area contributed by atoms with E-state index in [2.05, 4.69) is 17.1 Å². The third-order valence-electron chi connectivity index (χ3n) is 2.39. The lowest BCUT2D eigenvalue weighted by Gasteiger charge is -1.97.